The first-order chi connectivity index (χ1) is 8.90. The van der Waals surface area contributed by atoms with Crippen molar-refractivity contribution in [3.63, 3.8) is 0 Å². The lowest BCUT2D eigenvalue weighted by molar-refractivity contribution is 0.969. The molecule has 0 aliphatic heterocycles. The zero-order valence-electron chi connectivity index (χ0n) is 10.6. The second kappa shape index (κ2) is 5.15. The predicted octanol–water partition coefficient (Wildman–Crippen LogP) is 2.74. The first-order valence-corrected chi connectivity index (χ1v) is 6.48. The highest BCUT2D eigenvalue weighted by atomic mass is 35.5. The summed E-state index contributed by atoms with van der Waals surface area (Å²) in [7, 11) is 0. The van der Waals surface area contributed by atoms with E-state index in [1.807, 2.05) is 36.6 Å². The number of halogens is 1. The zero-order valence-corrected chi connectivity index (χ0v) is 12.2. The molecule has 0 radical (unpaired) electrons. The van der Waals surface area contributed by atoms with Crippen LogP contribution >= 0.6 is 23.8 Å². The summed E-state index contributed by atoms with van der Waals surface area (Å²) in [6.45, 7) is 3.78. The molecule has 0 saturated carbocycles. The number of thiocarbonyl (C=S) groups is 1. The van der Waals surface area contributed by atoms with Gasteiger partial charge in [0.05, 0.1) is 5.56 Å². The summed E-state index contributed by atoms with van der Waals surface area (Å²) >= 11 is 11.0. The van der Waals surface area contributed by atoms with Crippen LogP contribution in [-0.4, -0.2) is 9.56 Å². The first-order valence-electron chi connectivity index (χ1n) is 5.70. The fourth-order valence-electron chi connectivity index (χ4n) is 1.83. The van der Waals surface area contributed by atoms with Crippen molar-refractivity contribution in [1.82, 2.24) is 4.57 Å². The Morgan fingerprint density at radius 3 is 2.58 bits per heavy atom. The summed E-state index contributed by atoms with van der Waals surface area (Å²) in [5, 5.41) is 0.674. The molecule has 2 N–H and O–H groups in total. The van der Waals surface area contributed by atoms with Gasteiger partial charge in [0.15, 0.2) is 5.43 Å². The van der Waals surface area contributed by atoms with E-state index in [4.69, 9.17) is 29.6 Å². The van der Waals surface area contributed by atoms with Crippen LogP contribution in [-0.2, 0) is 0 Å². The summed E-state index contributed by atoms with van der Waals surface area (Å²) < 4.78 is 1.85. The fourth-order valence-corrected chi connectivity index (χ4v) is 2.15. The van der Waals surface area contributed by atoms with Gasteiger partial charge in [-0.15, -0.1) is 0 Å². The van der Waals surface area contributed by atoms with Gasteiger partial charge in [0.2, 0.25) is 0 Å². The second-order valence-corrected chi connectivity index (χ2v) is 5.21. The molecule has 2 rings (SSSR count). The van der Waals surface area contributed by atoms with Crippen LogP contribution in [0.5, 0.6) is 0 Å². The standard InChI is InChI=1S/C14H13ClN2OS/c1-8-3-4-10(6-12(8)15)17-7-11(14(16)19)13(18)5-9(17)2/h3-7H,1-2H3,(H2,16,19). The monoisotopic (exact) mass is 292 g/mol. The molecule has 1 heterocycles. The van der Waals surface area contributed by atoms with E-state index in [9.17, 15) is 4.79 Å². The van der Waals surface area contributed by atoms with Crippen LogP contribution in [0.3, 0.4) is 0 Å². The van der Waals surface area contributed by atoms with Crippen molar-refractivity contribution < 1.29 is 0 Å². The van der Waals surface area contributed by atoms with Gasteiger partial charge < -0.3 is 10.3 Å². The lowest BCUT2D eigenvalue weighted by Gasteiger charge is -2.13. The molecule has 0 aliphatic carbocycles. The van der Waals surface area contributed by atoms with Crippen molar-refractivity contribution >= 4 is 28.8 Å². The van der Waals surface area contributed by atoms with Gasteiger partial charge in [-0.1, -0.05) is 29.9 Å². The van der Waals surface area contributed by atoms with E-state index >= 15 is 0 Å². The SMILES string of the molecule is Cc1ccc(-n2cc(C(N)=S)c(=O)cc2C)cc1Cl. The Hall–Kier alpha value is -1.65. The van der Waals surface area contributed by atoms with Crippen LogP contribution in [0.25, 0.3) is 5.69 Å². The van der Waals surface area contributed by atoms with Crippen LogP contribution in [0.4, 0.5) is 0 Å². The van der Waals surface area contributed by atoms with Crippen molar-refractivity contribution in [2.45, 2.75) is 13.8 Å². The number of benzene rings is 1. The summed E-state index contributed by atoms with van der Waals surface area (Å²) in [6, 6.07) is 7.22. The molecule has 0 atom stereocenters. The lowest BCUT2D eigenvalue weighted by Crippen LogP contribution is -2.22. The molecule has 0 aliphatic rings. The minimum absolute atomic E-state index is 0.0944. The average Bonchev–Trinajstić information content (AvgIpc) is 2.32. The Kier molecular flexibility index (Phi) is 3.73. The summed E-state index contributed by atoms with van der Waals surface area (Å²) in [5.41, 5.74) is 8.38. The molecule has 0 unspecified atom stereocenters. The van der Waals surface area contributed by atoms with Gasteiger partial charge in [0, 0.05) is 28.7 Å². The Labute approximate surface area is 121 Å². The molecule has 0 spiro atoms. The zero-order chi connectivity index (χ0) is 14.2. The summed E-state index contributed by atoms with van der Waals surface area (Å²) in [6.07, 6.45) is 1.65. The highest BCUT2D eigenvalue weighted by Gasteiger charge is 2.08. The Bertz CT molecular complexity index is 722. The average molecular weight is 293 g/mol. The van der Waals surface area contributed by atoms with E-state index in [-0.39, 0.29) is 10.4 Å². The van der Waals surface area contributed by atoms with Gasteiger partial charge in [-0.05, 0) is 31.5 Å². The van der Waals surface area contributed by atoms with E-state index in [1.54, 1.807) is 6.20 Å². The molecule has 0 amide bonds. The number of nitrogens with zero attached hydrogens (tertiary/aromatic N) is 1. The number of hydrogen-bond acceptors (Lipinski definition) is 2. The smallest absolute Gasteiger partial charge is 0.192 e. The highest BCUT2D eigenvalue weighted by molar-refractivity contribution is 7.80. The molecule has 3 nitrogen and oxygen atoms in total. The minimum atomic E-state index is -0.167. The van der Waals surface area contributed by atoms with Gasteiger partial charge in [0.25, 0.3) is 0 Å². The number of aryl methyl sites for hydroxylation is 2. The largest absolute Gasteiger partial charge is 0.389 e. The number of rotatable bonds is 2. The number of pyridine rings is 1. The fraction of sp³-hybridized carbons (Fsp3) is 0.143. The normalized spacial score (nSPS) is 10.5. The summed E-state index contributed by atoms with van der Waals surface area (Å²) in [4.78, 5) is 11.9. The van der Waals surface area contributed by atoms with E-state index < -0.39 is 0 Å². The van der Waals surface area contributed by atoms with Crippen molar-refractivity contribution in [3.8, 4) is 5.69 Å². The number of nitrogens with two attached hydrogens (primary N) is 1. The minimum Gasteiger partial charge on any atom is -0.389 e. The van der Waals surface area contributed by atoms with Gasteiger partial charge in [-0.3, -0.25) is 4.79 Å². The molecule has 0 fully saturated rings. The van der Waals surface area contributed by atoms with Crippen LogP contribution in [0.15, 0.2) is 35.3 Å². The van der Waals surface area contributed by atoms with Crippen LogP contribution in [0.2, 0.25) is 5.02 Å². The summed E-state index contributed by atoms with van der Waals surface area (Å²) in [5.74, 6) is 0. The van der Waals surface area contributed by atoms with Gasteiger partial charge >= 0.3 is 0 Å². The third-order valence-corrected chi connectivity index (χ3v) is 3.57. The molecule has 5 heteroatoms. The number of hydrogen-bond donors (Lipinski definition) is 1. The third-order valence-electron chi connectivity index (χ3n) is 2.94. The quantitative estimate of drug-likeness (QED) is 0.866. The maximum atomic E-state index is 11.8. The molecule has 0 saturated heterocycles. The molecular formula is C14H13ClN2OS. The van der Waals surface area contributed by atoms with Crippen LogP contribution in [0, 0.1) is 13.8 Å². The second-order valence-electron chi connectivity index (χ2n) is 4.36. The molecule has 1 aromatic carbocycles. The first kappa shape index (κ1) is 13.8. The van der Waals surface area contributed by atoms with Crippen molar-refractivity contribution in [3.05, 3.63) is 62.5 Å². The maximum Gasteiger partial charge on any atom is 0.192 e. The van der Waals surface area contributed by atoms with Gasteiger partial charge in [0.1, 0.15) is 4.99 Å². The van der Waals surface area contributed by atoms with Crippen molar-refractivity contribution in [2.24, 2.45) is 5.73 Å². The van der Waals surface area contributed by atoms with Gasteiger partial charge in [-0.25, -0.2) is 0 Å². The number of aromatic nitrogens is 1. The van der Waals surface area contributed by atoms with E-state index in [0.29, 0.717) is 10.6 Å². The Balaban J connectivity index is 2.68. The molecule has 1 aromatic heterocycles. The molecule has 0 bridgehead atoms. The van der Waals surface area contributed by atoms with Crippen LogP contribution < -0.4 is 11.2 Å². The van der Waals surface area contributed by atoms with E-state index in [2.05, 4.69) is 0 Å². The molecular weight excluding hydrogens is 280 g/mol. The van der Waals surface area contributed by atoms with Gasteiger partial charge in [-0.2, -0.15) is 0 Å². The van der Waals surface area contributed by atoms with Crippen molar-refractivity contribution in [1.29, 1.82) is 0 Å². The third kappa shape index (κ3) is 2.69. The highest BCUT2D eigenvalue weighted by Crippen LogP contribution is 2.20. The Morgan fingerprint density at radius 2 is 2.00 bits per heavy atom. The lowest BCUT2D eigenvalue weighted by atomic mass is 10.2. The molecule has 19 heavy (non-hydrogen) atoms. The van der Waals surface area contributed by atoms with E-state index in [0.717, 1.165) is 16.9 Å². The predicted molar refractivity (Wildman–Crippen MR) is 82.4 cm³/mol. The molecule has 2 aromatic rings. The van der Waals surface area contributed by atoms with E-state index in [1.165, 1.54) is 6.07 Å². The van der Waals surface area contributed by atoms with Crippen molar-refractivity contribution in [2.75, 3.05) is 0 Å². The Morgan fingerprint density at radius 1 is 1.32 bits per heavy atom. The molecule has 98 valence electrons. The maximum absolute atomic E-state index is 11.8. The topological polar surface area (TPSA) is 48.0 Å². The van der Waals surface area contributed by atoms with Crippen LogP contribution in [0.1, 0.15) is 16.8 Å².